The molecule has 0 bridgehead atoms. The molecule has 0 spiro atoms. The molecule has 120 valence electrons. The lowest BCUT2D eigenvalue weighted by Gasteiger charge is -2.39. The van der Waals surface area contributed by atoms with Crippen LogP contribution in [0.1, 0.15) is 18.7 Å². The van der Waals surface area contributed by atoms with Crippen LogP contribution in [0.2, 0.25) is 0 Å². The number of hydrogen-bond acceptors (Lipinski definition) is 6. The Morgan fingerprint density at radius 1 is 1.39 bits per heavy atom. The zero-order chi connectivity index (χ0) is 15.9. The van der Waals surface area contributed by atoms with Crippen molar-refractivity contribution in [2.45, 2.75) is 24.9 Å². The van der Waals surface area contributed by atoms with Crippen molar-refractivity contribution in [3.8, 4) is 0 Å². The summed E-state index contributed by atoms with van der Waals surface area (Å²) in [7, 11) is 1.90. The van der Waals surface area contributed by atoms with Crippen LogP contribution in [0.15, 0.2) is 24.9 Å². The minimum absolute atomic E-state index is 0.487. The number of rotatable bonds is 3. The van der Waals surface area contributed by atoms with E-state index in [0.29, 0.717) is 13.0 Å². The molecule has 8 nitrogen and oxygen atoms in total. The van der Waals surface area contributed by atoms with Gasteiger partial charge in [0.25, 0.3) is 0 Å². The van der Waals surface area contributed by atoms with Gasteiger partial charge in [-0.1, -0.05) is 0 Å². The summed E-state index contributed by atoms with van der Waals surface area (Å²) in [5, 5.41) is 20.0. The van der Waals surface area contributed by atoms with Crippen LogP contribution in [0.25, 0.3) is 11.0 Å². The van der Waals surface area contributed by atoms with E-state index in [0.717, 1.165) is 42.1 Å². The smallest absolute Gasteiger partial charge is 0.142 e. The Hall–Kier alpha value is -2.48. The van der Waals surface area contributed by atoms with E-state index in [-0.39, 0.29) is 0 Å². The number of β-amino-alcohol motifs (C(OH)–C–C–N with tert-alkyl or cyclic N) is 1. The second kappa shape index (κ2) is 5.31. The van der Waals surface area contributed by atoms with Crippen LogP contribution >= 0.6 is 0 Å². The van der Waals surface area contributed by atoms with Crippen molar-refractivity contribution in [1.82, 2.24) is 29.7 Å². The number of aromatic nitrogens is 6. The zero-order valence-electron chi connectivity index (χ0n) is 13.0. The average Bonchev–Trinajstić information content (AvgIpc) is 3.16. The van der Waals surface area contributed by atoms with Gasteiger partial charge in [-0.25, -0.2) is 9.97 Å². The summed E-state index contributed by atoms with van der Waals surface area (Å²) in [5.41, 5.74) is -0.00971. The van der Waals surface area contributed by atoms with Gasteiger partial charge in [0.1, 0.15) is 29.9 Å². The maximum Gasteiger partial charge on any atom is 0.142 e. The minimum Gasteiger partial charge on any atom is -0.388 e. The monoisotopic (exact) mass is 313 g/mol. The van der Waals surface area contributed by atoms with Crippen LogP contribution < -0.4 is 4.90 Å². The Labute approximate surface area is 133 Å². The standard InChI is InChI=1S/C15H19N7O/c1-21-10-19-20-12(21)7-15(23)4-2-6-22(8-15)14-11-3-5-16-13(11)17-9-18-14/h3,5,9-10,23H,2,4,6-8H2,1H3,(H,16,17,18). The quantitative estimate of drug-likeness (QED) is 0.737. The Morgan fingerprint density at radius 3 is 3.13 bits per heavy atom. The van der Waals surface area contributed by atoms with Gasteiger partial charge in [-0.3, -0.25) is 0 Å². The van der Waals surface area contributed by atoms with Gasteiger partial charge in [-0.05, 0) is 18.9 Å². The van der Waals surface area contributed by atoms with Crippen molar-refractivity contribution in [2.24, 2.45) is 7.05 Å². The van der Waals surface area contributed by atoms with Crippen LogP contribution in [-0.2, 0) is 13.5 Å². The van der Waals surface area contributed by atoms with Gasteiger partial charge < -0.3 is 19.6 Å². The number of H-pyrrole nitrogens is 1. The molecule has 4 heterocycles. The minimum atomic E-state index is -0.827. The molecule has 0 radical (unpaired) electrons. The van der Waals surface area contributed by atoms with Gasteiger partial charge in [-0.2, -0.15) is 0 Å². The van der Waals surface area contributed by atoms with Crippen molar-refractivity contribution in [2.75, 3.05) is 18.0 Å². The van der Waals surface area contributed by atoms with E-state index >= 15 is 0 Å². The molecule has 0 aromatic carbocycles. The predicted molar refractivity (Wildman–Crippen MR) is 85.0 cm³/mol. The Kier molecular flexibility index (Phi) is 3.26. The number of aliphatic hydroxyl groups is 1. The third-order valence-corrected chi connectivity index (χ3v) is 4.48. The molecule has 1 fully saturated rings. The second-order valence-electron chi connectivity index (χ2n) is 6.22. The molecule has 3 aromatic rings. The number of anilines is 1. The number of nitrogens with one attached hydrogen (secondary N) is 1. The van der Waals surface area contributed by atoms with E-state index in [9.17, 15) is 5.11 Å². The average molecular weight is 313 g/mol. The molecule has 2 N–H and O–H groups in total. The van der Waals surface area contributed by atoms with Gasteiger partial charge >= 0.3 is 0 Å². The van der Waals surface area contributed by atoms with Crippen molar-refractivity contribution < 1.29 is 5.11 Å². The summed E-state index contributed by atoms with van der Waals surface area (Å²) < 4.78 is 1.85. The molecule has 1 unspecified atom stereocenters. The zero-order valence-corrected chi connectivity index (χ0v) is 13.0. The van der Waals surface area contributed by atoms with Crippen molar-refractivity contribution in [1.29, 1.82) is 0 Å². The lowest BCUT2D eigenvalue weighted by atomic mass is 9.89. The van der Waals surface area contributed by atoms with Crippen molar-refractivity contribution in [3.63, 3.8) is 0 Å². The highest BCUT2D eigenvalue weighted by atomic mass is 16.3. The highest BCUT2D eigenvalue weighted by molar-refractivity contribution is 5.87. The van der Waals surface area contributed by atoms with E-state index in [1.54, 1.807) is 12.7 Å². The molecule has 1 aliphatic rings. The first-order valence-corrected chi connectivity index (χ1v) is 7.73. The first-order chi connectivity index (χ1) is 11.1. The molecule has 1 aliphatic heterocycles. The summed E-state index contributed by atoms with van der Waals surface area (Å²) in [4.78, 5) is 13.9. The van der Waals surface area contributed by atoms with Gasteiger partial charge in [0, 0.05) is 32.8 Å². The normalized spacial score (nSPS) is 21.9. The first kappa shape index (κ1) is 14.1. The lowest BCUT2D eigenvalue weighted by molar-refractivity contribution is 0.0237. The highest BCUT2D eigenvalue weighted by Gasteiger charge is 2.35. The van der Waals surface area contributed by atoms with Crippen molar-refractivity contribution >= 4 is 16.9 Å². The highest BCUT2D eigenvalue weighted by Crippen LogP contribution is 2.30. The SMILES string of the molecule is Cn1cnnc1CC1(O)CCCN(c2ncnc3[nH]ccc23)C1. The molecule has 23 heavy (non-hydrogen) atoms. The third kappa shape index (κ3) is 2.55. The fourth-order valence-corrected chi connectivity index (χ4v) is 3.31. The fourth-order valence-electron chi connectivity index (χ4n) is 3.31. The molecular weight excluding hydrogens is 294 g/mol. The molecule has 4 rings (SSSR count). The predicted octanol–water partition coefficient (Wildman–Crippen LogP) is 0.660. The summed E-state index contributed by atoms with van der Waals surface area (Å²) in [6.45, 7) is 1.40. The molecule has 0 saturated carbocycles. The summed E-state index contributed by atoms with van der Waals surface area (Å²) in [6, 6.07) is 1.97. The van der Waals surface area contributed by atoms with E-state index in [4.69, 9.17) is 0 Å². The van der Waals surface area contributed by atoms with Crippen LogP contribution in [0.3, 0.4) is 0 Å². The third-order valence-electron chi connectivity index (χ3n) is 4.48. The number of piperidine rings is 1. The molecule has 0 aliphatic carbocycles. The number of aromatic amines is 1. The maximum absolute atomic E-state index is 11.0. The molecule has 0 amide bonds. The Balaban J connectivity index is 1.61. The van der Waals surface area contributed by atoms with E-state index in [1.165, 1.54) is 0 Å². The van der Waals surface area contributed by atoms with E-state index in [1.807, 2.05) is 23.9 Å². The van der Waals surface area contributed by atoms with Gasteiger partial charge in [0.15, 0.2) is 0 Å². The van der Waals surface area contributed by atoms with Gasteiger partial charge in [0.2, 0.25) is 0 Å². The lowest BCUT2D eigenvalue weighted by Crippen LogP contribution is -2.50. The topological polar surface area (TPSA) is 95.8 Å². The summed E-state index contributed by atoms with van der Waals surface area (Å²) in [6.07, 6.45) is 7.22. The first-order valence-electron chi connectivity index (χ1n) is 7.73. The van der Waals surface area contributed by atoms with Gasteiger partial charge in [-0.15, -0.1) is 10.2 Å². The van der Waals surface area contributed by atoms with Crippen LogP contribution in [0, 0.1) is 0 Å². The van der Waals surface area contributed by atoms with Crippen LogP contribution in [-0.4, -0.2) is 53.5 Å². The number of nitrogens with zero attached hydrogens (tertiary/aromatic N) is 6. The van der Waals surface area contributed by atoms with Crippen molar-refractivity contribution in [3.05, 3.63) is 30.7 Å². The second-order valence-corrected chi connectivity index (χ2v) is 6.22. The summed E-state index contributed by atoms with van der Waals surface area (Å²) >= 11 is 0. The summed E-state index contributed by atoms with van der Waals surface area (Å²) in [5.74, 6) is 1.66. The number of hydrogen-bond donors (Lipinski definition) is 2. The van der Waals surface area contributed by atoms with E-state index < -0.39 is 5.60 Å². The molecule has 1 atom stereocenters. The number of aryl methyl sites for hydroxylation is 1. The van der Waals surface area contributed by atoms with Gasteiger partial charge in [0.05, 0.1) is 11.0 Å². The number of fused-ring (bicyclic) bond motifs is 1. The Morgan fingerprint density at radius 2 is 2.30 bits per heavy atom. The molecule has 8 heteroatoms. The largest absolute Gasteiger partial charge is 0.388 e. The van der Waals surface area contributed by atoms with Crippen LogP contribution in [0.5, 0.6) is 0 Å². The fraction of sp³-hybridized carbons (Fsp3) is 0.467. The molecule has 1 saturated heterocycles. The van der Waals surface area contributed by atoms with E-state index in [2.05, 4.69) is 30.0 Å². The molecule has 3 aromatic heterocycles. The van der Waals surface area contributed by atoms with Crippen LogP contribution in [0.4, 0.5) is 5.82 Å². The molecular formula is C15H19N7O. The maximum atomic E-state index is 11.0. The Bertz CT molecular complexity index is 826.